The molecule has 0 radical (unpaired) electrons. The maximum absolute atomic E-state index is 8.55. The number of rotatable bonds is 6. The zero-order chi connectivity index (χ0) is 13.3. The van der Waals surface area contributed by atoms with Crippen LogP contribution < -0.4 is 0 Å². The second-order valence-corrected chi connectivity index (χ2v) is 4.05. The van der Waals surface area contributed by atoms with Gasteiger partial charge in [-0.05, 0) is 12.8 Å². The maximum atomic E-state index is 8.55. The van der Waals surface area contributed by atoms with Crippen LogP contribution in [0.5, 0.6) is 0 Å². The minimum absolute atomic E-state index is 0.216. The SMILES string of the molecule is CCCCCCC#CCC#CCC#CCCCO. The molecule has 0 aliphatic heterocycles. The Hall–Kier alpha value is -1.36. The number of hydrogen-bond acceptors (Lipinski definition) is 1. The van der Waals surface area contributed by atoms with Gasteiger partial charge in [-0.1, -0.05) is 49.9 Å². The summed E-state index contributed by atoms with van der Waals surface area (Å²) in [6.07, 6.45) is 8.89. The third kappa shape index (κ3) is 14.6. The molecule has 0 aliphatic carbocycles. The Kier molecular flexibility index (Phi) is 14.5. The van der Waals surface area contributed by atoms with Gasteiger partial charge >= 0.3 is 0 Å². The van der Waals surface area contributed by atoms with Gasteiger partial charge in [0.2, 0.25) is 0 Å². The minimum Gasteiger partial charge on any atom is -0.396 e. The first-order valence-corrected chi connectivity index (χ1v) is 6.89. The molecule has 0 aromatic heterocycles. The molecule has 0 amide bonds. The van der Waals surface area contributed by atoms with Crippen LogP contribution in [-0.2, 0) is 0 Å². The lowest BCUT2D eigenvalue weighted by Gasteiger charge is -1.91. The van der Waals surface area contributed by atoms with E-state index in [1.165, 1.54) is 25.7 Å². The van der Waals surface area contributed by atoms with Crippen molar-refractivity contribution < 1.29 is 5.11 Å². The molecule has 1 nitrogen and oxygen atoms in total. The van der Waals surface area contributed by atoms with Crippen LogP contribution in [0.2, 0.25) is 0 Å². The van der Waals surface area contributed by atoms with E-state index in [0.29, 0.717) is 12.8 Å². The van der Waals surface area contributed by atoms with Gasteiger partial charge in [0, 0.05) is 19.4 Å². The third-order valence-corrected chi connectivity index (χ3v) is 2.34. The van der Waals surface area contributed by atoms with Gasteiger partial charge in [0.05, 0.1) is 12.8 Å². The Bertz CT molecular complexity index is 348. The topological polar surface area (TPSA) is 20.2 Å². The van der Waals surface area contributed by atoms with Crippen LogP contribution in [-0.4, -0.2) is 11.7 Å². The molecule has 0 aromatic carbocycles. The van der Waals surface area contributed by atoms with Crippen molar-refractivity contribution in [1.29, 1.82) is 0 Å². The van der Waals surface area contributed by atoms with Crippen molar-refractivity contribution in [2.24, 2.45) is 0 Å². The van der Waals surface area contributed by atoms with Crippen molar-refractivity contribution in [3.63, 3.8) is 0 Å². The van der Waals surface area contributed by atoms with Crippen molar-refractivity contribution in [3.8, 4) is 35.5 Å². The molecule has 1 N–H and O–H groups in total. The van der Waals surface area contributed by atoms with Crippen molar-refractivity contribution >= 4 is 0 Å². The van der Waals surface area contributed by atoms with Crippen molar-refractivity contribution in [2.45, 2.75) is 64.7 Å². The molecule has 0 saturated heterocycles. The highest BCUT2D eigenvalue weighted by Gasteiger charge is 1.83. The lowest BCUT2D eigenvalue weighted by molar-refractivity contribution is 0.290. The maximum Gasteiger partial charge on any atom is 0.0702 e. The van der Waals surface area contributed by atoms with E-state index in [-0.39, 0.29) is 6.61 Å². The average molecular weight is 244 g/mol. The predicted molar refractivity (Wildman–Crippen MR) is 77.6 cm³/mol. The number of unbranched alkanes of at least 4 members (excludes halogenated alkanes) is 5. The molecule has 0 spiro atoms. The van der Waals surface area contributed by atoms with Crippen LogP contribution in [0.4, 0.5) is 0 Å². The first-order valence-electron chi connectivity index (χ1n) is 6.89. The summed E-state index contributed by atoms with van der Waals surface area (Å²) >= 11 is 0. The molecule has 0 bridgehead atoms. The molecule has 1 heteroatoms. The third-order valence-electron chi connectivity index (χ3n) is 2.34. The van der Waals surface area contributed by atoms with E-state index in [2.05, 4.69) is 42.4 Å². The summed E-state index contributed by atoms with van der Waals surface area (Å²) in [6, 6.07) is 0. The quantitative estimate of drug-likeness (QED) is 0.560. The fourth-order valence-electron chi connectivity index (χ4n) is 1.32. The van der Waals surface area contributed by atoms with E-state index in [4.69, 9.17) is 5.11 Å². The molecule has 0 saturated carbocycles. The minimum atomic E-state index is 0.216. The zero-order valence-corrected chi connectivity index (χ0v) is 11.5. The van der Waals surface area contributed by atoms with Gasteiger partial charge in [-0.3, -0.25) is 0 Å². The van der Waals surface area contributed by atoms with Gasteiger partial charge in [0.25, 0.3) is 0 Å². The van der Waals surface area contributed by atoms with E-state index in [0.717, 1.165) is 19.3 Å². The lowest BCUT2D eigenvalue weighted by atomic mass is 10.1. The van der Waals surface area contributed by atoms with Crippen LogP contribution in [0.3, 0.4) is 0 Å². The second kappa shape index (κ2) is 15.6. The van der Waals surface area contributed by atoms with Crippen molar-refractivity contribution in [1.82, 2.24) is 0 Å². The molecule has 0 atom stereocenters. The molecular formula is C17H24O. The standard InChI is InChI=1S/C17H24O/c1-2-3-4-5-6-7-8-9-10-11-12-13-14-15-16-17-18/h18H,2-6,9,12,15-17H2,1H3. The normalized spacial score (nSPS) is 8.33. The molecule has 0 rings (SSSR count). The van der Waals surface area contributed by atoms with Crippen molar-refractivity contribution in [3.05, 3.63) is 0 Å². The van der Waals surface area contributed by atoms with E-state index < -0.39 is 0 Å². The van der Waals surface area contributed by atoms with Gasteiger partial charge in [-0.2, -0.15) is 0 Å². The predicted octanol–water partition coefficient (Wildman–Crippen LogP) is 3.52. The molecule has 98 valence electrons. The first kappa shape index (κ1) is 16.6. The molecular weight excluding hydrogens is 220 g/mol. The van der Waals surface area contributed by atoms with Crippen LogP contribution in [0.25, 0.3) is 0 Å². The van der Waals surface area contributed by atoms with Gasteiger partial charge in [-0.15, -0.1) is 11.8 Å². The van der Waals surface area contributed by atoms with Crippen LogP contribution in [0.1, 0.15) is 64.7 Å². The highest BCUT2D eigenvalue weighted by atomic mass is 16.2. The number of hydrogen-bond donors (Lipinski definition) is 1. The fraction of sp³-hybridized carbons (Fsp3) is 0.647. The van der Waals surface area contributed by atoms with Gasteiger partial charge < -0.3 is 5.11 Å². The fourth-order valence-corrected chi connectivity index (χ4v) is 1.32. The van der Waals surface area contributed by atoms with E-state index in [1.807, 2.05) is 0 Å². The second-order valence-electron chi connectivity index (χ2n) is 4.05. The van der Waals surface area contributed by atoms with Crippen LogP contribution in [0, 0.1) is 35.5 Å². The number of aliphatic hydroxyl groups is 1. The number of aliphatic hydroxyl groups excluding tert-OH is 1. The molecule has 18 heavy (non-hydrogen) atoms. The van der Waals surface area contributed by atoms with E-state index in [1.54, 1.807) is 0 Å². The Labute approximate surface area is 112 Å². The largest absolute Gasteiger partial charge is 0.396 e. The smallest absolute Gasteiger partial charge is 0.0702 e. The summed E-state index contributed by atoms with van der Waals surface area (Å²) in [6.45, 7) is 2.43. The van der Waals surface area contributed by atoms with Crippen LogP contribution >= 0.6 is 0 Å². The van der Waals surface area contributed by atoms with Gasteiger partial charge in [0.1, 0.15) is 0 Å². The van der Waals surface area contributed by atoms with Crippen molar-refractivity contribution in [2.75, 3.05) is 6.61 Å². The molecule has 0 heterocycles. The summed E-state index contributed by atoms with van der Waals surface area (Å²) in [5.41, 5.74) is 0. The molecule has 0 aliphatic rings. The zero-order valence-electron chi connectivity index (χ0n) is 11.5. The summed E-state index contributed by atoms with van der Waals surface area (Å²) in [7, 11) is 0. The van der Waals surface area contributed by atoms with Gasteiger partial charge in [-0.25, -0.2) is 0 Å². The van der Waals surface area contributed by atoms with Crippen LogP contribution in [0.15, 0.2) is 0 Å². The Morgan fingerprint density at radius 2 is 1.22 bits per heavy atom. The Morgan fingerprint density at radius 1 is 0.667 bits per heavy atom. The summed E-state index contributed by atoms with van der Waals surface area (Å²) in [5.74, 6) is 18.1. The first-order chi connectivity index (χ1) is 8.91. The summed E-state index contributed by atoms with van der Waals surface area (Å²) in [4.78, 5) is 0. The van der Waals surface area contributed by atoms with Gasteiger partial charge in [0.15, 0.2) is 0 Å². The molecule has 0 aromatic rings. The highest BCUT2D eigenvalue weighted by molar-refractivity contribution is 5.16. The average Bonchev–Trinajstić information content (AvgIpc) is 2.39. The molecule has 0 unspecified atom stereocenters. The summed E-state index contributed by atoms with van der Waals surface area (Å²) in [5, 5.41) is 8.55. The lowest BCUT2D eigenvalue weighted by Crippen LogP contribution is -1.78. The Balaban J connectivity index is 3.42. The molecule has 0 fully saturated rings. The van der Waals surface area contributed by atoms with E-state index in [9.17, 15) is 0 Å². The monoisotopic (exact) mass is 244 g/mol. The Morgan fingerprint density at radius 3 is 1.78 bits per heavy atom. The van der Waals surface area contributed by atoms with E-state index >= 15 is 0 Å². The highest BCUT2D eigenvalue weighted by Crippen LogP contribution is 2.00. The summed E-state index contributed by atoms with van der Waals surface area (Å²) < 4.78 is 0.